The Morgan fingerprint density at radius 2 is 2.24 bits per heavy atom. The van der Waals surface area contributed by atoms with Crippen molar-refractivity contribution in [3.63, 3.8) is 0 Å². The van der Waals surface area contributed by atoms with Gasteiger partial charge < -0.3 is 0 Å². The monoisotopic (exact) mass is 243 g/mol. The molecule has 3 heterocycles. The normalized spacial score (nSPS) is 10.9. The molecule has 0 saturated heterocycles. The van der Waals surface area contributed by atoms with Crippen LogP contribution in [0.5, 0.6) is 0 Å². The van der Waals surface area contributed by atoms with Gasteiger partial charge >= 0.3 is 0 Å². The second-order valence-electron chi connectivity index (χ2n) is 3.70. The van der Waals surface area contributed by atoms with Crippen LogP contribution in [0.3, 0.4) is 0 Å². The molecule has 84 valence electrons. The summed E-state index contributed by atoms with van der Waals surface area (Å²) in [6, 6.07) is 7.55. The Bertz CT molecular complexity index is 699. The lowest BCUT2D eigenvalue weighted by molar-refractivity contribution is 0.112. The number of fused-ring (bicyclic) bond motifs is 1. The zero-order chi connectivity index (χ0) is 11.8. The van der Waals surface area contributed by atoms with Gasteiger partial charge in [0.05, 0.1) is 10.4 Å². The van der Waals surface area contributed by atoms with Gasteiger partial charge in [0.25, 0.3) is 0 Å². The van der Waals surface area contributed by atoms with E-state index in [1.54, 1.807) is 34.2 Å². The van der Waals surface area contributed by atoms with Crippen LogP contribution in [0.2, 0.25) is 0 Å². The van der Waals surface area contributed by atoms with Crippen LogP contribution >= 0.6 is 11.3 Å². The Balaban J connectivity index is 2.23. The van der Waals surface area contributed by atoms with Crippen LogP contribution in [-0.2, 0) is 0 Å². The van der Waals surface area contributed by atoms with E-state index >= 15 is 0 Å². The third-order valence-electron chi connectivity index (χ3n) is 2.48. The molecule has 0 aliphatic carbocycles. The summed E-state index contributed by atoms with van der Waals surface area (Å²) in [5, 5.41) is 4.36. The highest BCUT2D eigenvalue weighted by molar-refractivity contribution is 7.15. The highest BCUT2D eigenvalue weighted by atomic mass is 32.1. The molecule has 3 rings (SSSR count). The molecule has 0 aliphatic heterocycles. The summed E-state index contributed by atoms with van der Waals surface area (Å²) in [7, 11) is 0. The summed E-state index contributed by atoms with van der Waals surface area (Å²) in [4.78, 5) is 17.5. The minimum Gasteiger partial charge on any atom is -0.298 e. The summed E-state index contributed by atoms with van der Waals surface area (Å²) < 4.78 is 1.63. The van der Waals surface area contributed by atoms with Gasteiger partial charge in [-0.3, -0.25) is 4.79 Å². The van der Waals surface area contributed by atoms with Crippen LogP contribution in [0.1, 0.15) is 15.2 Å². The fraction of sp³-hybridized carbons (Fsp3) is 0.0833. The van der Waals surface area contributed by atoms with Crippen LogP contribution in [0.4, 0.5) is 0 Å². The average Bonchev–Trinajstić information content (AvgIpc) is 2.93. The topological polar surface area (TPSA) is 47.3 Å². The van der Waals surface area contributed by atoms with Gasteiger partial charge in [-0.1, -0.05) is 0 Å². The van der Waals surface area contributed by atoms with Gasteiger partial charge in [-0.15, -0.1) is 16.4 Å². The van der Waals surface area contributed by atoms with Crippen LogP contribution < -0.4 is 0 Å². The third kappa shape index (κ3) is 1.64. The molecule has 0 N–H and O–H groups in total. The van der Waals surface area contributed by atoms with Crippen molar-refractivity contribution in [1.82, 2.24) is 14.6 Å². The van der Waals surface area contributed by atoms with E-state index in [1.165, 1.54) is 4.88 Å². The van der Waals surface area contributed by atoms with Crippen molar-refractivity contribution in [3.8, 4) is 10.7 Å². The molecule has 5 heteroatoms. The summed E-state index contributed by atoms with van der Waals surface area (Å²) in [6.07, 6.45) is 2.59. The molecule has 0 saturated carbocycles. The second-order valence-corrected chi connectivity index (χ2v) is 4.98. The van der Waals surface area contributed by atoms with E-state index in [2.05, 4.69) is 10.1 Å². The van der Waals surface area contributed by atoms with E-state index in [9.17, 15) is 4.79 Å². The molecule has 0 bridgehead atoms. The molecule has 0 spiro atoms. The maximum Gasteiger partial charge on any atom is 0.192 e. The minimum absolute atomic E-state index is 0.555. The first-order chi connectivity index (χ1) is 8.28. The Hall–Kier alpha value is -2.01. The average molecular weight is 243 g/mol. The highest BCUT2D eigenvalue weighted by Gasteiger charge is 2.10. The van der Waals surface area contributed by atoms with E-state index in [4.69, 9.17) is 0 Å². The Morgan fingerprint density at radius 3 is 2.94 bits per heavy atom. The first-order valence-electron chi connectivity index (χ1n) is 5.15. The zero-order valence-electron chi connectivity index (χ0n) is 9.12. The van der Waals surface area contributed by atoms with Crippen molar-refractivity contribution in [2.45, 2.75) is 6.92 Å². The number of aromatic nitrogens is 3. The Kier molecular flexibility index (Phi) is 2.26. The molecule has 0 amide bonds. The molecule has 3 aromatic rings. The summed E-state index contributed by atoms with van der Waals surface area (Å²) in [5.74, 6) is 0.664. The number of carbonyl (C=O) groups is 1. The number of thiophene rings is 1. The first kappa shape index (κ1) is 10.2. The number of carbonyl (C=O) groups excluding carboxylic acids is 1. The first-order valence-corrected chi connectivity index (χ1v) is 5.97. The van der Waals surface area contributed by atoms with Crippen molar-refractivity contribution >= 4 is 23.3 Å². The fourth-order valence-corrected chi connectivity index (χ4v) is 2.47. The van der Waals surface area contributed by atoms with Crippen molar-refractivity contribution in [2.24, 2.45) is 0 Å². The summed E-state index contributed by atoms with van der Waals surface area (Å²) >= 11 is 1.64. The maximum atomic E-state index is 10.9. The lowest BCUT2D eigenvalue weighted by Gasteiger charge is -1.91. The summed E-state index contributed by atoms with van der Waals surface area (Å²) in [5.41, 5.74) is 1.16. The molecular weight excluding hydrogens is 234 g/mol. The molecule has 0 fully saturated rings. The molecule has 0 atom stereocenters. The number of pyridine rings is 1. The van der Waals surface area contributed by atoms with Gasteiger partial charge in [0, 0.05) is 11.1 Å². The second kappa shape index (κ2) is 3.78. The predicted molar refractivity (Wildman–Crippen MR) is 66.4 cm³/mol. The van der Waals surface area contributed by atoms with Gasteiger partial charge in [-0.05, 0) is 31.2 Å². The number of aryl methyl sites for hydroxylation is 1. The Labute approximate surface area is 102 Å². The predicted octanol–water partition coefficient (Wildman–Crippen LogP) is 2.58. The molecule has 17 heavy (non-hydrogen) atoms. The van der Waals surface area contributed by atoms with Crippen LogP contribution in [0.25, 0.3) is 16.3 Å². The van der Waals surface area contributed by atoms with Crippen LogP contribution in [0.15, 0.2) is 30.5 Å². The highest BCUT2D eigenvalue weighted by Crippen LogP contribution is 2.25. The van der Waals surface area contributed by atoms with Gasteiger partial charge in [0.15, 0.2) is 17.8 Å². The smallest absolute Gasteiger partial charge is 0.192 e. The standard InChI is InChI=1S/C12H9N3OS/c1-8-4-5-10(17-8)11-13-12-9(7-16)3-2-6-15(12)14-11/h2-7H,1H3. The van der Waals surface area contributed by atoms with E-state index < -0.39 is 0 Å². The van der Waals surface area contributed by atoms with Crippen LogP contribution in [0, 0.1) is 6.92 Å². The number of nitrogens with zero attached hydrogens (tertiary/aromatic N) is 3. The van der Waals surface area contributed by atoms with Gasteiger partial charge in [-0.25, -0.2) is 9.50 Å². The van der Waals surface area contributed by atoms with Gasteiger partial charge in [0.1, 0.15) is 0 Å². The number of hydrogen-bond donors (Lipinski definition) is 0. The van der Waals surface area contributed by atoms with Crippen molar-refractivity contribution in [3.05, 3.63) is 40.9 Å². The largest absolute Gasteiger partial charge is 0.298 e. The molecule has 3 aromatic heterocycles. The quantitative estimate of drug-likeness (QED) is 0.650. The molecular formula is C12H9N3OS. The molecule has 4 nitrogen and oxygen atoms in total. The maximum absolute atomic E-state index is 10.9. The molecule has 0 radical (unpaired) electrons. The van der Waals surface area contributed by atoms with Gasteiger partial charge in [-0.2, -0.15) is 0 Å². The van der Waals surface area contributed by atoms with Crippen molar-refractivity contribution in [2.75, 3.05) is 0 Å². The fourth-order valence-electron chi connectivity index (χ4n) is 1.68. The SMILES string of the molecule is Cc1ccc(-c2nc3c(C=O)cccn3n2)s1. The minimum atomic E-state index is 0.555. The lowest BCUT2D eigenvalue weighted by atomic mass is 10.3. The summed E-state index contributed by atoms with van der Waals surface area (Å²) in [6.45, 7) is 2.04. The zero-order valence-corrected chi connectivity index (χ0v) is 9.94. The number of aldehydes is 1. The van der Waals surface area contributed by atoms with E-state index in [1.807, 2.05) is 19.1 Å². The van der Waals surface area contributed by atoms with Crippen molar-refractivity contribution < 1.29 is 4.79 Å². The number of hydrogen-bond acceptors (Lipinski definition) is 4. The number of rotatable bonds is 2. The van der Waals surface area contributed by atoms with Crippen LogP contribution in [-0.4, -0.2) is 20.9 Å². The van der Waals surface area contributed by atoms with E-state index in [0.29, 0.717) is 17.0 Å². The van der Waals surface area contributed by atoms with E-state index in [0.717, 1.165) is 11.2 Å². The molecule has 0 unspecified atom stereocenters. The molecule has 0 aromatic carbocycles. The third-order valence-corrected chi connectivity index (χ3v) is 3.48. The lowest BCUT2D eigenvalue weighted by Crippen LogP contribution is -1.90. The van der Waals surface area contributed by atoms with E-state index in [-0.39, 0.29) is 0 Å². The Morgan fingerprint density at radius 1 is 1.35 bits per heavy atom. The van der Waals surface area contributed by atoms with Gasteiger partial charge in [0.2, 0.25) is 0 Å². The van der Waals surface area contributed by atoms with Crippen molar-refractivity contribution in [1.29, 1.82) is 0 Å². The molecule has 0 aliphatic rings.